The van der Waals surface area contributed by atoms with Crippen LogP contribution in [0, 0.1) is 39.9 Å². The number of hydrogen-bond acceptors (Lipinski definition) is 5. The van der Waals surface area contributed by atoms with Crippen molar-refractivity contribution in [3.05, 3.63) is 12.2 Å². The minimum Gasteiger partial charge on any atom is -0.469 e. The van der Waals surface area contributed by atoms with Crippen molar-refractivity contribution in [3.63, 3.8) is 0 Å². The Kier molecular flexibility index (Phi) is 6.90. The summed E-state index contributed by atoms with van der Waals surface area (Å²) in [5.74, 6) is 0.171. The second kappa shape index (κ2) is 8.93. The number of esters is 1. The molecule has 9 atom stereocenters. The van der Waals surface area contributed by atoms with Crippen molar-refractivity contribution in [2.45, 2.75) is 124 Å². The highest BCUT2D eigenvalue weighted by molar-refractivity contribution is 5.86. The zero-order chi connectivity index (χ0) is 26.9. The van der Waals surface area contributed by atoms with Crippen LogP contribution in [0.3, 0.4) is 0 Å². The molecule has 3 aliphatic carbocycles. The van der Waals surface area contributed by atoms with Gasteiger partial charge in [0.25, 0.3) is 0 Å². The van der Waals surface area contributed by atoms with Crippen molar-refractivity contribution in [3.8, 4) is 0 Å². The van der Waals surface area contributed by atoms with E-state index in [0.717, 1.165) is 37.7 Å². The van der Waals surface area contributed by atoms with Crippen LogP contribution in [0.1, 0.15) is 106 Å². The second-order valence-electron chi connectivity index (χ2n) is 14.4. The van der Waals surface area contributed by atoms with Crippen molar-refractivity contribution in [1.82, 2.24) is 0 Å². The van der Waals surface area contributed by atoms with Crippen LogP contribution < -0.4 is 0 Å². The number of rotatable bonds is 5. The van der Waals surface area contributed by atoms with Crippen molar-refractivity contribution in [2.24, 2.45) is 39.9 Å². The highest BCUT2D eigenvalue weighted by Crippen LogP contribution is 2.73. The Morgan fingerprint density at radius 1 is 1.11 bits per heavy atom. The first-order valence-electron chi connectivity index (χ1n) is 14.2. The van der Waals surface area contributed by atoms with Crippen LogP contribution in [-0.4, -0.2) is 41.3 Å². The fourth-order valence-electron chi connectivity index (χ4n) is 10.2. The molecule has 5 nitrogen and oxygen atoms in total. The number of aliphatic hydroxyl groups is 1. The summed E-state index contributed by atoms with van der Waals surface area (Å²) in [6.07, 6.45) is 6.79. The number of Topliss-reactive ketones (excluding diaryl/α,β-unsaturated/α-hetero) is 1. The van der Waals surface area contributed by atoms with Crippen molar-refractivity contribution < 1.29 is 24.2 Å². The minimum atomic E-state index is -0.456. The van der Waals surface area contributed by atoms with Gasteiger partial charge in [-0.2, -0.15) is 0 Å². The summed E-state index contributed by atoms with van der Waals surface area (Å²) in [4.78, 5) is 26.1. The molecule has 4 rings (SSSR count). The van der Waals surface area contributed by atoms with Crippen molar-refractivity contribution in [2.75, 3.05) is 7.11 Å². The van der Waals surface area contributed by atoms with Gasteiger partial charge >= 0.3 is 5.97 Å². The van der Waals surface area contributed by atoms with Crippen LogP contribution in [0.4, 0.5) is 0 Å². The van der Waals surface area contributed by atoms with E-state index in [1.165, 1.54) is 7.11 Å². The fourth-order valence-corrected chi connectivity index (χ4v) is 10.2. The number of allylic oxidation sites excluding steroid dienone is 1. The van der Waals surface area contributed by atoms with E-state index < -0.39 is 11.5 Å². The predicted octanol–water partition coefficient (Wildman–Crippen LogP) is 6.27. The maximum atomic E-state index is 13.9. The standard InChI is InChI=1S/C31H50O5/c1-19(2)25-22(33)18-30(7)23(28(25,5)15-12-24(34)35-9)17-21(32)26-20(11-16-29(26,30)6)31(8)14-10-13-27(3,4)36-31/h20-21,23,25-26,32H,1,10-18H2,2-9H3/t20-,21+,23+,25+,26-,28+,29+,30+,31+/m0/s1. The molecule has 204 valence electrons. The number of aliphatic hydroxyl groups excluding tert-OH is 1. The van der Waals surface area contributed by atoms with E-state index in [1.54, 1.807) is 0 Å². The van der Waals surface area contributed by atoms with Gasteiger partial charge in [-0.1, -0.05) is 32.9 Å². The SMILES string of the molecule is C=C(C)[C@@H]1C(=O)C[C@]2(C)[C@H](C[C@@H](O)[C@@H]3[C@@H]([C@@]4(C)CCCC(C)(C)O4)CC[C@]32C)[C@@]1(C)CCC(=O)OC. The molecule has 3 saturated carbocycles. The first kappa shape index (κ1) is 27.8. The highest BCUT2D eigenvalue weighted by Gasteiger charge is 2.71. The van der Waals surface area contributed by atoms with E-state index in [2.05, 4.69) is 48.1 Å². The normalized spacial score (nSPS) is 48.1. The van der Waals surface area contributed by atoms with E-state index in [0.29, 0.717) is 19.3 Å². The zero-order valence-corrected chi connectivity index (χ0v) is 24.0. The molecule has 1 N–H and O–H groups in total. The van der Waals surface area contributed by atoms with E-state index in [-0.39, 0.29) is 63.9 Å². The molecule has 4 fully saturated rings. The largest absolute Gasteiger partial charge is 0.469 e. The molecule has 1 aliphatic heterocycles. The Morgan fingerprint density at radius 3 is 2.36 bits per heavy atom. The van der Waals surface area contributed by atoms with Gasteiger partial charge in [-0.25, -0.2) is 0 Å². The van der Waals surface area contributed by atoms with Crippen molar-refractivity contribution >= 4 is 11.8 Å². The van der Waals surface area contributed by atoms with Crippen molar-refractivity contribution in [1.29, 1.82) is 0 Å². The molecule has 5 heteroatoms. The zero-order valence-electron chi connectivity index (χ0n) is 24.0. The first-order chi connectivity index (χ1) is 16.5. The minimum absolute atomic E-state index is 0.0942. The Labute approximate surface area is 218 Å². The molecule has 1 heterocycles. The molecule has 1 saturated heterocycles. The summed E-state index contributed by atoms with van der Waals surface area (Å²) in [5.41, 5.74) is -0.451. The molecule has 0 bridgehead atoms. The van der Waals surface area contributed by atoms with E-state index in [9.17, 15) is 14.7 Å². The van der Waals surface area contributed by atoms with Gasteiger partial charge in [0.1, 0.15) is 5.78 Å². The van der Waals surface area contributed by atoms with Crippen LogP contribution in [0.25, 0.3) is 0 Å². The topological polar surface area (TPSA) is 72.8 Å². The second-order valence-corrected chi connectivity index (χ2v) is 14.4. The van der Waals surface area contributed by atoms with Gasteiger partial charge in [0.05, 0.1) is 24.4 Å². The molecule has 4 aliphatic rings. The number of ketones is 1. The molecule has 0 spiro atoms. The summed E-state index contributed by atoms with van der Waals surface area (Å²) in [5, 5.41) is 11.9. The summed E-state index contributed by atoms with van der Waals surface area (Å²) >= 11 is 0. The molecule has 0 aromatic rings. The maximum Gasteiger partial charge on any atom is 0.305 e. The maximum absolute atomic E-state index is 13.9. The average Bonchev–Trinajstić information content (AvgIpc) is 3.13. The molecule has 0 aromatic heterocycles. The molecule has 0 unspecified atom stereocenters. The Hall–Kier alpha value is -1.20. The number of carbonyl (C=O) groups is 2. The van der Waals surface area contributed by atoms with E-state index in [4.69, 9.17) is 9.47 Å². The highest BCUT2D eigenvalue weighted by atomic mass is 16.5. The average molecular weight is 503 g/mol. The predicted molar refractivity (Wildman–Crippen MR) is 141 cm³/mol. The lowest BCUT2D eigenvalue weighted by atomic mass is 9.37. The van der Waals surface area contributed by atoms with Gasteiger partial charge in [0.15, 0.2) is 0 Å². The lowest BCUT2D eigenvalue weighted by Crippen LogP contribution is -2.66. The quantitative estimate of drug-likeness (QED) is 0.354. The Balaban J connectivity index is 1.75. The van der Waals surface area contributed by atoms with Gasteiger partial charge in [0.2, 0.25) is 0 Å². The third-order valence-electron chi connectivity index (χ3n) is 11.8. The molecule has 0 amide bonds. The van der Waals surface area contributed by atoms with E-state index in [1.807, 2.05) is 6.92 Å². The van der Waals surface area contributed by atoms with Gasteiger partial charge in [-0.15, -0.1) is 0 Å². The van der Waals surface area contributed by atoms with E-state index >= 15 is 0 Å². The summed E-state index contributed by atoms with van der Waals surface area (Å²) < 4.78 is 11.8. The summed E-state index contributed by atoms with van der Waals surface area (Å²) in [6, 6.07) is 0. The number of methoxy groups -OCH3 is 1. The lowest BCUT2D eigenvalue weighted by molar-refractivity contribution is -0.235. The number of carbonyl (C=O) groups excluding carboxylic acids is 2. The molecule has 0 aromatic carbocycles. The van der Waals surface area contributed by atoms with Crippen LogP contribution in [0.5, 0.6) is 0 Å². The smallest absolute Gasteiger partial charge is 0.305 e. The Bertz CT molecular complexity index is 924. The van der Waals surface area contributed by atoms with Gasteiger partial charge in [-0.05, 0) is 107 Å². The first-order valence-corrected chi connectivity index (χ1v) is 14.2. The summed E-state index contributed by atoms with van der Waals surface area (Å²) in [6.45, 7) is 19.7. The molecular weight excluding hydrogens is 452 g/mol. The Morgan fingerprint density at radius 2 is 1.78 bits per heavy atom. The monoisotopic (exact) mass is 502 g/mol. The third kappa shape index (κ3) is 4.02. The summed E-state index contributed by atoms with van der Waals surface area (Å²) in [7, 11) is 1.42. The van der Waals surface area contributed by atoms with Gasteiger partial charge in [-0.3, -0.25) is 9.59 Å². The number of ether oxygens (including phenoxy) is 2. The molecular formula is C31H50O5. The van der Waals surface area contributed by atoms with Gasteiger partial charge in [0, 0.05) is 18.8 Å². The van der Waals surface area contributed by atoms with Crippen LogP contribution in [-0.2, 0) is 19.1 Å². The molecule has 0 radical (unpaired) electrons. The van der Waals surface area contributed by atoms with Crippen LogP contribution in [0.2, 0.25) is 0 Å². The number of fused-ring (bicyclic) bond motifs is 3. The van der Waals surface area contributed by atoms with Crippen LogP contribution >= 0.6 is 0 Å². The van der Waals surface area contributed by atoms with Crippen LogP contribution in [0.15, 0.2) is 12.2 Å². The fraction of sp³-hybridized carbons (Fsp3) is 0.871. The number of hydrogen-bond donors (Lipinski definition) is 1. The van der Waals surface area contributed by atoms with Gasteiger partial charge < -0.3 is 14.6 Å². The molecule has 36 heavy (non-hydrogen) atoms. The third-order valence-corrected chi connectivity index (χ3v) is 11.8. The lowest BCUT2D eigenvalue weighted by Gasteiger charge is -2.67.